The zero-order valence-electron chi connectivity index (χ0n) is 8.60. The summed E-state index contributed by atoms with van der Waals surface area (Å²) in [7, 11) is 0. The number of nitrogens with one attached hydrogen (secondary N) is 1. The van der Waals surface area contributed by atoms with E-state index >= 15 is 0 Å². The van der Waals surface area contributed by atoms with Gasteiger partial charge >= 0.3 is 5.97 Å². The van der Waals surface area contributed by atoms with Gasteiger partial charge in [-0.25, -0.2) is 0 Å². The van der Waals surface area contributed by atoms with Crippen molar-refractivity contribution in [3.8, 4) is 0 Å². The van der Waals surface area contributed by atoms with Gasteiger partial charge in [-0.2, -0.15) is 5.10 Å². The molecule has 82 valence electrons. The first-order chi connectivity index (χ1) is 6.99. The number of rotatable bonds is 4. The molecule has 0 aromatic carbocycles. The van der Waals surface area contributed by atoms with Crippen molar-refractivity contribution in [3.05, 3.63) is 12.4 Å². The molecule has 1 atom stereocenters. The standard InChI is InChI=1S/C9H13N3O3/c1-6(9(14)15)4-12-5-8(3-10-12)11-7(2)13/h3,5-6H,4H2,1-2H3,(H,11,13)(H,14,15). The van der Waals surface area contributed by atoms with Gasteiger partial charge in [0.2, 0.25) is 5.91 Å². The monoisotopic (exact) mass is 211 g/mol. The maximum Gasteiger partial charge on any atom is 0.308 e. The molecule has 0 aliphatic carbocycles. The van der Waals surface area contributed by atoms with Gasteiger partial charge in [-0.15, -0.1) is 0 Å². The van der Waals surface area contributed by atoms with E-state index in [-0.39, 0.29) is 12.5 Å². The quantitative estimate of drug-likeness (QED) is 0.762. The van der Waals surface area contributed by atoms with Crippen LogP contribution in [-0.4, -0.2) is 26.8 Å². The predicted octanol–water partition coefficient (Wildman–Crippen LogP) is 0.562. The molecule has 1 heterocycles. The lowest BCUT2D eigenvalue weighted by molar-refractivity contribution is -0.141. The first-order valence-corrected chi connectivity index (χ1v) is 4.52. The fraction of sp³-hybridized carbons (Fsp3) is 0.444. The number of hydrogen-bond acceptors (Lipinski definition) is 3. The maximum atomic E-state index is 10.7. The van der Waals surface area contributed by atoms with E-state index in [4.69, 9.17) is 5.11 Å². The van der Waals surface area contributed by atoms with Crippen LogP contribution in [0.25, 0.3) is 0 Å². The van der Waals surface area contributed by atoms with Crippen molar-refractivity contribution >= 4 is 17.6 Å². The number of carboxylic acids is 1. The second-order valence-electron chi connectivity index (χ2n) is 3.37. The Bertz CT molecular complexity index is 372. The van der Waals surface area contributed by atoms with Gasteiger partial charge in [-0.1, -0.05) is 6.92 Å². The van der Waals surface area contributed by atoms with E-state index in [0.29, 0.717) is 5.69 Å². The predicted molar refractivity (Wildman–Crippen MR) is 53.3 cm³/mol. The fourth-order valence-corrected chi connectivity index (χ4v) is 1.09. The molecule has 1 amide bonds. The van der Waals surface area contributed by atoms with E-state index in [1.54, 1.807) is 13.1 Å². The minimum atomic E-state index is -0.869. The number of carbonyl (C=O) groups excluding carboxylic acids is 1. The number of anilines is 1. The molecule has 0 saturated carbocycles. The lowest BCUT2D eigenvalue weighted by atomic mass is 10.2. The third kappa shape index (κ3) is 3.41. The van der Waals surface area contributed by atoms with E-state index in [0.717, 1.165) is 0 Å². The summed E-state index contributed by atoms with van der Waals surface area (Å²) in [6, 6.07) is 0. The average molecular weight is 211 g/mol. The molecule has 0 radical (unpaired) electrons. The van der Waals surface area contributed by atoms with Gasteiger partial charge in [-0.3, -0.25) is 14.3 Å². The number of carboxylic acid groups (broad SMARTS) is 1. The molecule has 6 heteroatoms. The Morgan fingerprint density at radius 2 is 2.33 bits per heavy atom. The highest BCUT2D eigenvalue weighted by molar-refractivity contribution is 5.88. The molecule has 15 heavy (non-hydrogen) atoms. The first-order valence-electron chi connectivity index (χ1n) is 4.52. The topological polar surface area (TPSA) is 84.2 Å². The highest BCUT2D eigenvalue weighted by atomic mass is 16.4. The molecular formula is C9H13N3O3. The zero-order valence-corrected chi connectivity index (χ0v) is 8.60. The summed E-state index contributed by atoms with van der Waals surface area (Å²) in [6.07, 6.45) is 3.08. The lowest BCUT2D eigenvalue weighted by Crippen LogP contribution is -2.16. The van der Waals surface area contributed by atoms with E-state index < -0.39 is 11.9 Å². The average Bonchev–Trinajstić information content (AvgIpc) is 2.51. The molecule has 1 aromatic rings. The zero-order chi connectivity index (χ0) is 11.4. The Morgan fingerprint density at radius 3 is 2.87 bits per heavy atom. The van der Waals surface area contributed by atoms with Crippen molar-refractivity contribution in [1.82, 2.24) is 9.78 Å². The van der Waals surface area contributed by atoms with E-state index in [9.17, 15) is 9.59 Å². The van der Waals surface area contributed by atoms with Crippen molar-refractivity contribution < 1.29 is 14.7 Å². The Labute approximate surface area is 86.9 Å². The molecule has 6 nitrogen and oxygen atoms in total. The third-order valence-electron chi connectivity index (χ3n) is 1.84. The molecule has 1 unspecified atom stereocenters. The van der Waals surface area contributed by atoms with Crippen LogP contribution in [0.5, 0.6) is 0 Å². The number of nitrogens with zero attached hydrogens (tertiary/aromatic N) is 2. The van der Waals surface area contributed by atoms with Crippen molar-refractivity contribution in [1.29, 1.82) is 0 Å². The number of carbonyl (C=O) groups is 2. The van der Waals surface area contributed by atoms with Crippen molar-refractivity contribution in [2.24, 2.45) is 5.92 Å². The lowest BCUT2D eigenvalue weighted by Gasteiger charge is -2.05. The number of hydrogen-bond donors (Lipinski definition) is 2. The normalized spacial score (nSPS) is 12.1. The van der Waals surface area contributed by atoms with Crippen LogP contribution in [0.4, 0.5) is 5.69 Å². The molecule has 1 rings (SSSR count). The van der Waals surface area contributed by atoms with Crippen LogP contribution < -0.4 is 5.32 Å². The van der Waals surface area contributed by atoms with Crippen LogP contribution in [0, 0.1) is 5.92 Å². The number of aliphatic carboxylic acids is 1. The molecule has 0 aliphatic rings. The summed E-state index contributed by atoms with van der Waals surface area (Å²) < 4.78 is 1.49. The maximum absolute atomic E-state index is 10.7. The Morgan fingerprint density at radius 1 is 1.67 bits per heavy atom. The molecule has 0 spiro atoms. The van der Waals surface area contributed by atoms with Crippen LogP contribution in [0.15, 0.2) is 12.4 Å². The van der Waals surface area contributed by atoms with Crippen molar-refractivity contribution in [3.63, 3.8) is 0 Å². The second-order valence-corrected chi connectivity index (χ2v) is 3.37. The van der Waals surface area contributed by atoms with Crippen molar-refractivity contribution in [2.45, 2.75) is 20.4 Å². The van der Waals surface area contributed by atoms with Crippen LogP contribution in [0.3, 0.4) is 0 Å². The van der Waals surface area contributed by atoms with Crippen LogP contribution in [-0.2, 0) is 16.1 Å². The van der Waals surface area contributed by atoms with Gasteiger partial charge < -0.3 is 10.4 Å². The SMILES string of the molecule is CC(=O)Nc1cnn(CC(C)C(=O)O)c1. The molecule has 0 bridgehead atoms. The molecule has 0 aliphatic heterocycles. The van der Waals surface area contributed by atoms with Crippen molar-refractivity contribution in [2.75, 3.05) is 5.32 Å². The van der Waals surface area contributed by atoms with E-state index in [1.807, 2.05) is 0 Å². The highest BCUT2D eigenvalue weighted by Crippen LogP contribution is 2.07. The minimum Gasteiger partial charge on any atom is -0.481 e. The third-order valence-corrected chi connectivity index (χ3v) is 1.84. The Kier molecular flexibility index (Phi) is 3.43. The van der Waals surface area contributed by atoms with Gasteiger partial charge in [0.05, 0.1) is 24.3 Å². The van der Waals surface area contributed by atoms with Gasteiger partial charge in [0.15, 0.2) is 0 Å². The highest BCUT2D eigenvalue weighted by Gasteiger charge is 2.12. The summed E-state index contributed by atoms with van der Waals surface area (Å²) in [4.78, 5) is 21.3. The van der Waals surface area contributed by atoms with E-state index in [1.165, 1.54) is 17.8 Å². The second kappa shape index (κ2) is 4.59. The molecule has 0 saturated heterocycles. The molecule has 2 N–H and O–H groups in total. The largest absolute Gasteiger partial charge is 0.481 e. The first kappa shape index (κ1) is 11.2. The van der Waals surface area contributed by atoms with Crippen LogP contribution in [0.2, 0.25) is 0 Å². The summed E-state index contributed by atoms with van der Waals surface area (Å²) in [5.41, 5.74) is 0.570. The Balaban J connectivity index is 2.60. The van der Waals surface area contributed by atoms with Gasteiger partial charge in [0, 0.05) is 13.1 Å². The van der Waals surface area contributed by atoms with Gasteiger partial charge in [0.1, 0.15) is 0 Å². The molecular weight excluding hydrogens is 198 g/mol. The summed E-state index contributed by atoms with van der Waals surface area (Å²) >= 11 is 0. The fourth-order valence-electron chi connectivity index (χ4n) is 1.09. The number of aromatic nitrogens is 2. The molecule has 1 aromatic heterocycles. The number of amides is 1. The van der Waals surface area contributed by atoms with Gasteiger partial charge in [-0.05, 0) is 0 Å². The van der Waals surface area contributed by atoms with Crippen LogP contribution >= 0.6 is 0 Å². The summed E-state index contributed by atoms with van der Waals surface area (Å²) in [5.74, 6) is -1.55. The Hall–Kier alpha value is -1.85. The minimum absolute atomic E-state index is 0.180. The van der Waals surface area contributed by atoms with E-state index in [2.05, 4.69) is 10.4 Å². The molecule has 0 fully saturated rings. The summed E-state index contributed by atoms with van der Waals surface area (Å²) in [6.45, 7) is 3.29. The van der Waals surface area contributed by atoms with Gasteiger partial charge in [0.25, 0.3) is 0 Å². The van der Waals surface area contributed by atoms with Crippen LogP contribution in [0.1, 0.15) is 13.8 Å². The smallest absolute Gasteiger partial charge is 0.308 e. The summed E-state index contributed by atoms with van der Waals surface area (Å²) in [5, 5.41) is 15.2.